The van der Waals surface area contributed by atoms with Crippen LogP contribution in [-0.4, -0.2) is 21.0 Å². The molecular weight excluding hydrogens is 264 g/mol. The van der Waals surface area contributed by atoms with Gasteiger partial charge in [-0.15, -0.1) is 11.3 Å². The normalized spacial score (nSPS) is 16.7. The number of carboxylic acids is 1. The third kappa shape index (κ3) is 2.16. The first kappa shape index (κ1) is 12.3. The highest BCUT2D eigenvalue weighted by atomic mass is 32.1. The lowest BCUT2D eigenvalue weighted by molar-refractivity contribution is -0.137. The lowest BCUT2D eigenvalue weighted by Gasteiger charge is -2.05. The maximum absolute atomic E-state index is 12.2. The summed E-state index contributed by atoms with van der Waals surface area (Å²) in [5, 5.41) is 11.4. The number of aromatic nitrogens is 2. The SMILES string of the molecule is CC1(c2csc3nc(CCC(=O)O)[nH]c(=O)c23)CC1. The van der Waals surface area contributed by atoms with Crippen LogP contribution in [0.2, 0.25) is 0 Å². The maximum Gasteiger partial charge on any atom is 0.303 e. The van der Waals surface area contributed by atoms with Crippen LogP contribution in [0, 0.1) is 0 Å². The van der Waals surface area contributed by atoms with Crippen LogP contribution in [0.3, 0.4) is 0 Å². The van der Waals surface area contributed by atoms with E-state index in [1.165, 1.54) is 11.3 Å². The van der Waals surface area contributed by atoms with E-state index in [0.717, 1.165) is 18.4 Å². The van der Waals surface area contributed by atoms with E-state index in [1.807, 2.05) is 5.38 Å². The topological polar surface area (TPSA) is 83.0 Å². The summed E-state index contributed by atoms with van der Waals surface area (Å²) >= 11 is 1.46. The van der Waals surface area contributed by atoms with E-state index in [0.29, 0.717) is 16.0 Å². The van der Waals surface area contributed by atoms with Crippen molar-refractivity contribution < 1.29 is 9.90 Å². The first-order valence-corrected chi connectivity index (χ1v) is 7.10. The number of aromatic amines is 1. The van der Waals surface area contributed by atoms with Crippen molar-refractivity contribution in [3.63, 3.8) is 0 Å². The third-order valence-corrected chi connectivity index (χ3v) is 4.59. The van der Waals surface area contributed by atoms with Crippen LogP contribution >= 0.6 is 11.3 Å². The average molecular weight is 278 g/mol. The van der Waals surface area contributed by atoms with Gasteiger partial charge in [-0.25, -0.2) is 4.98 Å². The molecule has 2 N–H and O–H groups in total. The summed E-state index contributed by atoms with van der Waals surface area (Å²) in [7, 11) is 0. The van der Waals surface area contributed by atoms with E-state index in [-0.39, 0.29) is 23.8 Å². The largest absolute Gasteiger partial charge is 0.481 e. The zero-order chi connectivity index (χ0) is 13.6. The molecule has 3 rings (SSSR count). The van der Waals surface area contributed by atoms with E-state index in [4.69, 9.17) is 5.11 Å². The van der Waals surface area contributed by atoms with Crippen molar-refractivity contribution in [3.05, 3.63) is 27.1 Å². The fourth-order valence-electron chi connectivity index (χ4n) is 2.24. The van der Waals surface area contributed by atoms with Gasteiger partial charge in [0.25, 0.3) is 5.56 Å². The van der Waals surface area contributed by atoms with E-state index < -0.39 is 5.97 Å². The number of H-pyrrole nitrogens is 1. The zero-order valence-electron chi connectivity index (χ0n) is 10.5. The van der Waals surface area contributed by atoms with Crippen molar-refractivity contribution in [2.24, 2.45) is 0 Å². The molecule has 0 bridgehead atoms. The van der Waals surface area contributed by atoms with Crippen molar-refractivity contribution in [2.75, 3.05) is 0 Å². The minimum Gasteiger partial charge on any atom is -0.481 e. The first-order chi connectivity index (χ1) is 8.99. The number of aryl methyl sites for hydroxylation is 1. The lowest BCUT2D eigenvalue weighted by Crippen LogP contribution is -2.14. The number of thiophene rings is 1. The fraction of sp³-hybridized carbons (Fsp3) is 0.462. The molecule has 1 fully saturated rings. The Morgan fingerprint density at radius 3 is 2.95 bits per heavy atom. The van der Waals surface area contributed by atoms with Crippen molar-refractivity contribution in [1.29, 1.82) is 0 Å². The molecule has 6 heteroatoms. The van der Waals surface area contributed by atoms with Gasteiger partial charge in [0.2, 0.25) is 0 Å². The Bertz CT molecular complexity index is 712. The third-order valence-electron chi connectivity index (χ3n) is 3.72. The van der Waals surface area contributed by atoms with Crippen molar-refractivity contribution >= 4 is 27.5 Å². The predicted octanol–water partition coefficient (Wildman–Crippen LogP) is 2.05. The summed E-state index contributed by atoms with van der Waals surface area (Å²) in [5.41, 5.74) is 1.08. The van der Waals surface area contributed by atoms with Crippen LogP contribution in [0.15, 0.2) is 10.2 Å². The van der Waals surface area contributed by atoms with Gasteiger partial charge in [0, 0.05) is 6.42 Å². The number of nitrogens with one attached hydrogen (secondary N) is 1. The molecule has 5 nitrogen and oxygen atoms in total. The number of carboxylic acid groups (broad SMARTS) is 1. The van der Waals surface area contributed by atoms with Gasteiger partial charge in [-0.3, -0.25) is 9.59 Å². The summed E-state index contributed by atoms with van der Waals surface area (Å²) in [6.07, 6.45) is 2.45. The van der Waals surface area contributed by atoms with Gasteiger partial charge in [-0.05, 0) is 29.2 Å². The molecule has 0 spiro atoms. The van der Waals surface area contributed by atoms with Crippen LogP contribution in [0.1, 0.15) is 37.6 Å². The Kier molecular flexibility index (Phi) is 2.70. The van der Waals surface area contributed by atoms with Gasteiger partial charge in [0.15, 0.2) is 0 Å². The second-order valence-electron chi connectivity index (χ2n) is 5.30. The Hall–Kier alpha value is -1.69. The van der Waals surface area contributed by atoms with Gasteiger partial charge in [-0.2, -0.15) is 0 Å². The average Bonchev–Trinajstić information content (AvgIpc) is 2.93. The minimum atomic E-state index is -0.889. The molecule has 2 aromatic rings. The van der Waals surface area contributed by atoms with Crippen LogP contribution in [0.25, 0.3) is 10.2 Å². The molecule has 1 aliphatic rings. The van der Waals surface area contributed by atoms with Crippen molar-refractivity contribution in [2.45, 2.75) is 38.0 Å². The van der Waals surface area contributed by atoms with Crippen LogP contribution in [0.5, 0.6) is 0 Å². The van der Waals surface area contributed by atoms with E-state index >= 15 is 0 Å². The van der Waals surface area contributed by atoms with Crippen LogP contribution in [0.4, 0.5) is 0 Å². The zero-order valence-corrected chi connectivity index (χ0v) is 11.3. The van der Waals surface area contributed by atoms with E-state index in [2.05, 4.69) is 16.9 Å². The number of hydrogen-bond donors (Lipinski definition) is 2. The standard InChI is InChI=1S/C13H14N2O3S/c1-13(4-5-13)7-6-19-12-10(7)11(18)14-8(15-12)2-3-9(16)17/h6H,2-5H2,1H3,(H,16,17)(H,14,15,18). The highest BCUT2D eigenvalue weighted by Crippen LogP contribution is 2.50. The summed E-state index contributed by atoms with van der Waals surface area (Å²) in [4.78, 5) is 30.5. The summed E-state index contributed by atoms with van der Waals surface area (Å²) in [6.45, 7) is 2.16. The molecular formula is C13H14N2O3S. The Balaban J connectivity index is 2.04. The minimum absolute atomic E-state index is 0.0234. The second-order valence-corrected chi connectivity index (χ2v) is 6.15. The van der Waals surface area contributed by atoms with Crippen LogP contribution < -0.4 is 5.56 Å². The highest BCUT2D eigenvalue weighted by Gasteiger charge is 2.41. The number of carbonyl (C=O) groups is 1. The molecule has 19 heavy (non-hydrogen) atoms. The number of nitrogens with zero attached hydrogens (tertiary/aromatic N) is 1. The summed E-state index contributed by atoms with van der Waals surface area (Å²) < 4.78 is 0. The molecule has 0 radical (unpaired) electrons. The summed E-state index contributed by atoms with van der Waals surface area (Å²) in [6, 6.07) is 0. The number of hydrogen-bond acceptors (Lipinski definition) is 4. The highest BCUT2D eigenvalue weighted by molar-refractivity contribution is 7.16. The predicted molar refractivity (Wildman–Crippen MR) is 72.8 cm³/mol. The van der Waals surface area contributed by atoms with Gasteiger partial charge in [0.05, 0.1) is 11.8 Å². The number of aliphatic carboxylic acids is 1. The quantitative estimate of drug-likeness (QED) is 0.896. The number of rotatable bonds is 4. The van der Waals surface area contributed by atoms with Gasteiger partial charge in [-0.1, -0.05) is 6.92 Å². The maximum atomic E-state index is 12.2. The Morgan fingerprint density at radius 2 is 2.32 bits per heavy atom. The second kappa shape index (κ2) is 4.16. The Morgan fingerprint density at radius 1 is 1.58 bits per heavy atom. The van der Waals surface area contributed by atoms with Gasteiger partial charge in [0.1, 0.15) is 10.7 Å². The molecule has 1 aliphatic carbocycles. The monoisotopic (exact) mass is 278 g/mol. The number of fused-ring (bicyclic) bond motifs is 1. The molecule has 1 saturated carbocycles. The molecule has 0 atom stereocenters. The molecule has 100 valence electrons. The molecule has 0 aliphatic heterocycles. The fourth-order valence-corrected chi connectivity index (χ4v) is 3.35. The molecule has 0 aromatic carbocycles. The molecule has 2 heterocycles. The van der Waals surface area contributed by atoms with Gasteiger partial charge < -0.3 is 10.1 Å². The Labute approximate surface area is 113 Å². The first-order valence-electron chi connectivity index (χ1n) is 6.22. The molecule has 0 saturated heterocycles. The molecule has 2 aromatic heterocycles. The smallest absolute Gasteiger partial charge is 0.303 e. The molecule has 0 amide bonds. The summed E-state index contributed by atoms with van der Waals surface area (Å²) in [5.74, 6) is -0.436. The van der Waals surface area contributed by atoms with Crippen molar-refractivity contribution in [1.82, 2.24) is 9.97 Å². The van der Waals surface area contributed by atoms with E-state index in [1.54, 1.807) is 0 Å². The van der Waals surface area contributed by atoms with E-state index in [9.17, 15) is 9.59 Å². The lowest BCUT2D eigenvalue weighted by atomic mass is 9.99. The van der Waals surface area contributed by atoms with Crippen LogP contribution in [-0.2, 0) is 16.6 Å². The van der Waals surface area contributed by atoms with Crippen molar-refractivity contribution in [3.8, 4) is 0 Å². The molecule has 0 unspecified atom stereocenters. The van der Waals surface area contributed by atoms with Gasteiger partial charge >= 0.3 is 5.97 Å².